The fourth-order valence-corrected chi connectivity index (χ4v) is 0. The van der Waals surface area contributed by atoms with Gasteiger partial charge in [0.15, 0.2) is 0 Å². The summed E-state index contributed by atoms with van der Waals surface area (Å²) in [6.07, 6.45) is 0. The summed E-state index contributed by atoms with van der Waals surface area (Å²) in [4.78, 5) is 0. The van der Waals surface area contributed by atoms with E-state index < -0.39 is 0 Å². The third kappa shape index (κ3) is 8.83. The van der Waals surface area contributed by atoms with E-state index in [1.165, 1.54) is 0 Å². The Morgan fingerprint density at radius 3 is 1.00 bits per heavy atom. The molecule has 0 aromatic rings. The van der Waals surface area contributed by atoms with Crippen molar-refractivity contribution in [2.24, 2.45) is 0 Å². The normalized spacial score (nSPS) is 0. The van der Waals surface area contributed by atoms with E-state index in [0.717, 1.165) is 0 Å². The Bertz CT molecular complexity index is 8.00. The molecule has 0 rings (SSSR count). The molecule has 0 unspecified atom stereocenters. The van der Waals surface area contributed by atoms with Crippen molar-refractivity contribution in [3.05, 3.63) is 0 Å². The van der Waals surface area contributed by atoms with Crippen LogP contribution in [0.4, 0.5) is 0 Å². The molecule has 32 valence electrons. The summed E-state index contributed by atoms with van der Waals surface area (Å²) in [5.41, 5.74) is 0. The zero-order chi connectivity index (χ0) is 0. The predicted molar refractivity (Wildman–Crippen MR) is 0 cm³/mol. The molecule has 0 N–H and O–H groups in total. The summed E-state index contributed by atoms with van der Waals surface area (Å²) in [6, 6.07) is 0. The van der Waals surface area contributed by atoms with Crippen molar-refractivity contribution < 1.29 is 86.2 Å². The monoisotopic (exact) mass is 316 g/mol. The van der Waals surface area contributed by atoms with Crippen LogP contribution in [0.3, 0.4) is 0 Å². The predicted octanol–water partition coefficient (Wildman–Crippen LogP) is -0.00750. The quantitative estimate of drug-likeness (QED) is 0.552. The Balaban J connectivity index is 0. The molecule has 0 aliphatic rings. The van der Waals surface area contributed by atoms with Crippen LogP contribution >= 0.6 is 0 Å². The molecule has 0 heterocycles. The first-order chi connectivity index (χ1) is 0. The van der Waals surface area contributed by atoms with E-state index in [9.17, 15) is 0 Å². The van der Waals surface area contributed by atoms with Crippen LogP contribution in [-0.2, 0) is 50.6 Å². The van der Waals surface area contributed by atoms with Gasteiger partial charge in [-0.05, 0) is 0 Å². The second kappa shape index (κ2) is 17.2. The van der Waals surface area contributed by atoms with E-state index in [1.54, 1.807) is 0 Å². The minimum atomic E-state index is 0. The van der Waals surface area contributed by atoms with Gasteiger partial charge >= 0.3 is 0 Å². The van der Waals surface area contributed by atoms with Gasteiger partial charge in [-0.1, -0.05) is 0 Å². The summed E-state index contributed by atoms with van der Waals surface area (Å²) in [5.74, 6) is 0. The summed E-state index contributed by atoms with van der Waals surface area (Å²) in [6.45, 7) is 0. The van der Waals surface area contributed by atoms with Crippen molar-refractivity contribution in [2.45, 2.75) is 0 Å². The summed E-state index contributed by atoms with van der Waals surface area (Å²) in [5, 5.41) is 0. The zero-order valence-electron chi connectivity index (χ0n) is 1.55. The Labute approximate surface area is 84.7 Å². The average Bonchev–Trinajstić information content (AvgIpc) is 0. The van der Waals surface area contributed by atoms with Gasteiger partial charge in [-0.2, -0.15) is 0 Å². The van der Waals surface area contributed by atoms with Crippen molar-refractivity contribution in [3.63, 3.8) is 0 Å². The second-order valence-electron chi connectivity index (χ2n) is 0. The van der Waals surface area contributed by atoms with E-state index in [4.69, 9.17) is 0 Å². The third-order valence-corrected chi connectivity index (χ3v) is 0. The third-order valence-electron chi connectivity index (χ3n) is 0. The van der Waals surface area contributed by atoms with E-state index in [-0.39, 0.29) is 86.2 Å². The molecule has 0 fully saturated rings. The fraction of sp³-hybridized carbons (Fsp3) is 0. The van der Waals surface area contributed by atoms with Crippen LogP contribution in [0.2, 0.25) is 0 Å². The first-order valence-corrected chi connectivity index (χ1v) is 0. The van der Waals surface area contributed by atoms with Crippen molar-refractivity contribution >= 4 is 0 Å². The van der Waals surface area contributed by atoms with Gasteiger partial charge in [0.05, 0.1) is 0 Å². The SMILES string of the molecule is [Cu].[Fe].[La].[Ni]. The smallest absolute Gasteiger partial charge is 0 e. The molecule has 0 aromatic heterocycles. The van der Waals surface area contributed by atoms with E-state index >= 15 is 0 Å². The van der Waals surface area contributed by atoms with Crippen molar-refractivity contribution in [1.29, 1.82) is 0 Å². The molecule has 0 bridgehead atoms. The Hall–Kier alpha value is 2.73. The van der Waals surface area contributed by atoms with Crippen molar-refractivity contribution in [2.75, 3.05) is 0 Å². The number of rotatable bonds is 0. The maximum Gasteiger partial charge on any atom is 0 e. The van der Waals surface area contributed by atoms with Crippen molar-refractivity contribution in [3.8, 4) is 0 Å². The molecular weight excluding hydrogens is 317 g/mol. The van der Waals surface area contributed by atoms with Gasteiger partial charge in [0, 0.05) is 86.2 Å². The van der Waals surface area contributed by atoms with Gasteiger partial charge < -0.3 is 0 Å². The van der Waals surface area contributed by atoms with Gasteiger partial charge in [0.2, 0.25) is 0 Å². The molecule has 0 amide bonds. The molecule has 0 aliphatic heterocycles. The second-order valence-corrected chi connectivity index (χ2v) is 0. The van der Waals surface area contributed by atoms with Gasteiger partial charge in [-0.25, -0.2) is 0 Å². The largest absolute Gasteiger partial charge is 0 e. The van der Waals surface area contributed by atoms with Gasteiger partial charge in [-0.3, -0.25) is 0 Å². The van der Waals surface area contributed by atoms with E-state index in [0.29, 0.717) is 0 Å². The first kappa shape index (κ1) is 29.7. The molecule has 0 saturated carbocycles. The van der Waals surface area contributed by atoms with Gasteiger partial charge in [0.1, 0.15) is 0 Å². The number of hydrogen-bond acceptors (Lipinski definition) is 0. The van der Waals surface area contributed by atoms with Crippen LogP contribution in [0.1, 0.15) is 0 Å². The van der Waals surface area contributed by atoms with Gasteiger partial charge in [0.25, 0.3) is 0 Å². The molecule has 4 heteroatoms. The Kier molecular flexibility index (Phi) is 128. The van der Waals surface area contributed by atoms with Crippen LogP contribution in [0.5, 0.6) is 0 Å². The maximum absolute atomic E-state index is 0. The van der Waals surface area contributed by atoms with Crippen LogP contribution in [0.15, 0.2) is 0 Å². The van der Waals surface area contributed by atoms with Crippen molar-refractivity contribution in [1.82, 2.24) is 0 Å². The fourth-order valence-electron chi connectivity index (χ4n) is 0. The molecule has 0 aromatic carbocycles. The molecular formula is CuFeLaNi. The summed E-state index contributed by atoms with van der Waals surface area (Å²) >= 11 is 0. The Morgan fingerprint density at radius 1 is 1.00 bits per heavy atom. The molecule has 0 spiro atoms. The van der Waals surface area contributed by atoms with Crippen LogP contribution in [0.25, 0.3) is 0 Å². The van der Waals surface area contributed by atoms with Crippen LogP contribution in [0, 0.1) is 35.6 Å². The molecule has 0 atom stereocenters. The number of hydrogen-bond donors (Lipinski definition) is 0. The molecule has 0 saturated heterocycles. The van der Waals surface area contributed by atoms with Crippen LogP contribution in [-0.4, -0.2) is 0 Å². The van der Waals surface area contributed by atoms with Gasteiger partial charge in [-0.15, -0.1) is 0 Å². The average molecular weight is 317 g/mol. The molecule has 4 heavy (non-hydrogen) atoms. The molecule has 0 aliphatic carbocycles. The van der Waals surface area contributed by atoms with E-state index in [1.807, 2.05) is 0 Å². The minimum Gasteiger partial charge on any atom is 0 e. The standard InChI is InChI=1S/Cu.Fe.La.Ni. The molecule has 2 radical (unpaired) electrons. The Morgan fingerprint density at radius 2 is 1.00 bits per heavy atom. The maximum atomic E-state index is 0. The molecule has 0 nitrogen and oxygen atoms in total. The zero-order valence-corrected chi connectivity index (χ0v) is 8.21. The minimum absolute atomic E-state index is 0. The summed E-state index contributed by atoms with van der Waals surface area (Å²) in [7, 11) is 0. The first-order valence-electron chi connectivity index (χ1n) is 0. The summed E-state index contributed by atoms with van der Waals surface area (Å²) < 4.78 is 0. The van der Waals surface area contributed by atoms with E-state index in [2.05, 4.69) is 0 Å². The van der Waals surface area contributed by atoms with Crippen LogP contribution < -0.4 is 0 Å². The topological polar surface area (TPSA) is 0 Å².